The van der Waals surface area contributed by atoms with Crippen molar-refractivity contribution in [2.75, 3.05) is 18.8 Å². The summed E-state index contributed by atoms with van der Waals surface area (Å²) in [5.74, 6) is 0.280. The summed E-state index contributed by atoms with van der Waals surface area (Å²) in [7, 11) is 0. The van der Waals surface area contributed by atoms with Gasteiger partial charge in [0.15, 0.2) is 11.0 Å². The molecule has 1 saturated heterocycles. The molecular weight excluding hydrogens is 406 g/mol. The van der Waals surface area contributed by atoms with Crippen LogP contribution in [0, 0.1) is 0 Å². The van der Waals surface area contributed by atoms with E-state index in [-0.39, 0.29) is 11.7 Å². The van der Waals surface area contributed by atoms with Gasteiger partial charge >= 0.3 is 6.03 Å². The maximum Gasteiger partial charge on any atom is 0.321 e. The number of likely N-dealkylation sites (tertiary alicyclic amines) is 1. The number of carbonyl (C=O) groups is 3. The van der Waals surface area contributed by atoms with E-state index in [9.17, 15) is 14.4 Å². The Balaban J connectivity index is 1.77. The van der Waals surface area contributed by atoms with E-state index in [1.54, 1.807) is 34.9 Å². The molecule has 160 valence electrons. The number of hydrogen-bond acceptors (Lipinski definition) is 7. The quantitative estimate of drug-likeness (QED) is 0.637. The average molecular weight is 432 g/mol. The van der Waals surface area contributed by atoms with Crippen LogP contribution in [0.3, 0.4) is 0 Å². The van der Waals surface area contributed by atoms with Gasteiger partial charge in [-0.2, -0.15) is 0 Å². The van der Waals surface area contributed by atoms with Crippen LogP contribution in [0.4, 0.5) is 4.79 Å². The van der Waals surface area contributed by atoms with Gasteiger partial charge < -0.3 is 10.2 Å². The number of carbonyl (C=O) groups excluding carboxylic acids is 3. The summed E-state index contributed by atoms with van der Waals surface area (Å²) in [6.45, 7) is 3.23. The molecule has 2 aromatic heterocycles. The molecule has 1 aliphatic rings. The average Bonchev–Trinajstić information content (AvgIpc) is 3.02. The van der Waals surface area contributed by atoms with Crippen LogP contribution in [0.15, 0.2) is 29.7 Å². The van der Waals surface area contributed by atoms with Gasteiger partial charge in [0.05, 0.1) is 24.2 Å². The van der Waals surface area contributed by atoms with Crippen molar-refractivity contribution in [3.8, 4) is 5.69 Å². The first-order valence-electron chi connectivity index (χ1n) is 9.91. The molecule has 1 aliphatic heterocycles. The normalized spacial score (nSPS) is 14.3. The Morgan fingerprint density at radius 3 is 2.87 bits per heavy atom. The van der Waals surface area contributed by atoms with Crippen LogP contribution in [0.5, 0.6) is 0 Å². The Labute approximate surface area is 178 Å². The van der Waals surface area contributed by atoms with Gasteiger partial charge in [0, 0.05) is 25.7 Å². The van der Waals surface area contributed by atoms with Crippen molar-refractivity contribution < 1.29 is 14.4 Å². The van der Waals surface area contributed by atoms with Crippen LogP contribution in [0.1, 0.15) is 38.4 Å². The summed E-state index contributed by atoms with van der Waals surface area (Å²) < 4.78 is 1.80. The highest BCUT2D eigenvalue weighted by Crippen LogP contribution is 2.23. The van der Waals surface area contributed by atoms with E-state index < -0.39 is 11.9 Å². The Hall–Kier alpha value is -2.95. The second kappa shape index (κ2) is 10.7. The molecule has 30 heavy (non-hydrogen) atoms. The predicted molar refractivity (Wildman–Crippen MR) is 111 cm³/mol. The highest BCUT2D eigenvalue weighted by molar-refractivity contribution is 7.99. The summed E-state index contributed by atoms with van der Waals surface area (Å²) in [4.78, 5) is 41.9. The summed E-state index contributed by atoms with van der Waals surface area (Å²) in [6.07, 6.45) is 6.80. The standard InChI is InChI=1S/C19H25N7O3S/c1-2-21-18(29)22-16(27)13-30-19-24-23-15(26(19)14-7-6-9-20-11-14)12-25-10-5-3-4-8-17(25)28/h6-7,9,11H,2-5,8,10,12-13H2,1H3,(H2,21,22,27,29). The van der Waals surface area contributed by atoms with E-state index in [0.29, 0.717) is 37.0 Å². The first kappa shape index (κ1) is 21.8. The Bertz CT molecular complexity index is 888. The zero-order valence-electron chi connectivity index (χ0n) is 16.8. The number of rotatable bonds is 7. The smallest absolute Gasteiger partial charge is 0.321 e. The van der Waals surface area contributed by atoms with Gasteiger partial charge in [-0.05, 0) is 31.9 Å². The number of amides is 4. The third-order valence-electron chi connectivity index (χ3n) is 4.53. The number of nitrogens with one attached hydrogen (secondary N) is 2. The van der Waals surface area contributed by atoms with Gasteiger partial charge in [-0.3, -0.25) is 24.5 Å². The minimum absolute atomic E-state index is 0.00181. The number of urea groups is 1. The van der Waals surface area contributed by atoms with Crippen molar-refractivity contribution in [3.63, 3.8) is 0 Å². The maximum atomic E-state index is 12.4. The van der Waals surface area contributed by atoms with E-state index >= 15 is 0 Å². The van der Waals surface area contributed by atoms with Crippen molar-refractivity contribution >= 4 is 29.6 Å². The molecule has 0 spiro atoms. The van der Waals surface area contributed by atoms with Crippen LogP contribution < -0.4 is 10.6 Å². The van der Waals surface area contributed by atoms with Crippen LogP contribution in [0.25, 0.3) is 5.69 Å². The molecule has 10 nitrogen and oxygen atoms in total. The maximum absolute atomic E-state index is 12.4. The molecule has 2 aromatic rings. The van der Waals surface area contributed by atoms with E-state index in [0.717, 1.165) is 36.7 Å². The largest absolute Gasteiger partial charge is 0.338 e. The topological polar surface area (TPSA) is 122 Å². The van der Waals surface area contributed by atoms with Crippen LogP contribution in [-0.2, 0) is 16.1 Å². The summed E-state index contributed by atoms with van der Waals surface area (Å²) in [6, 6.07) is 3.13. The summed E-state index contributed by atoms with van der Waals surface area (Å²) in [5, 5.41) is 13.8. The Kier molecular flexibility index (Phi) is 7.77. The molecule has 3 heterocycles. The van der Waals surface area contributed by atoms with Gasteiger partial charge in [-0.25, -0.2) is 4.79 Å². The second-order valence-electron chi connectivity index (χ2n) is 6.77. The van der Waals surface area contributed by atoms with Gasteiger partial charge in [0.25, 0.3) is 0 Å². The monoisotopic (exact) mass is 431 g/mol. The highest BCUT2D eigenvalue weighted by Gasteiger charge is 2.22. The van der Waals surface area contributed by atoms with E-state index in [1.165, 1.54) is 0 Å². The molecular formula is C19H25N7O3S. The SMILES string of the molecule is CCNC(=O)NC(=O)CSc1nnc(CN2CCCCCC2=O)n1-c1cccnc1. The molecule has 3 rings (SSSR count). The van der Waals surface area contributed by atoms with Crippen molar-refractivity contribution in [1.82, 2.24) is 35.3 Å². The zero-order chi connectivity index (χ0) is 21.3. The molecule has 0 bridgehead atoms. The molecule has 0 aromatic carbocycles. The van der Waals surface area contributed by atoms with Crippen LogP contribution >= 0.6 is 11.8 Å². The number of aromatic nitrogens is 4. The van der Waals surface area contributed by atoms with Gasteiger partial charge in [0.2, 0.25) is 11.8 Å². The van der Waals surface area contributed by atoms with E-state index in [2.05, 4.69) is 25.8 Å². The van der Waals surface area contributed by atoms with Gasteiger partial charge in [-0.15, -0.1) is 10.2 Å². The van der Waals surface area contributed by atoms with Crippen molar-refractivity contribution in [1.29, 1.82) is 0 Å². The predicted octanol–water partition coefficient (Wildman–Crippen LogP) is 1.50. The molecule has 2 N–H and O–H groups in total. The molecule has 0 unspecified atom stereocenters. The molecule has 0 aliphatic carbocycles. The first-order chi connectivity index (χ1) is 14.6. The van der Waals surface area contributed by atoms with E-state index in [4.69, 9.17) is 0 Å². The van der Waals surface area contributed by atoms with Gasteiger partial charge in [0.1, 0.15) is 0 Å². The fourth-order valence-electron chi connectivity index (χ4n) is 3.12. The number of thioether (sulfide) groups is 1. The lowest BCUT2D eigenvalue weighted by Gasteiger charge is -2.20. The zero-order valence-corrected chi connectivity index (χ0v) is 17.7. The van der Waals surface area contributed by atoms with Crippen molar-refractivity contribution in [3.05, 3.63) is 30.4 Å². The minimum Gasteiger partial charge on any atom is -0.338 e. The summed E-state index contributed by atoms with van der Waals surface area (Å²) >= 11 is 1.16. The van der Waals surface area contributed by atoms with Crippen molar-refractivity contribution in [2.45, 2.75) is 44.3 Å². The minimum atomic E-state index is -0.530. The summed E-state index contributed by atoms with van der Waals surface area (Å²) in [5.41, 5.74) is 0.742. The molecule has 4 amide bonds. The first-order valence-corrected chi connectivity index (χ1v) is 10.9. The van der Waals surface area contributed by atoms with E-state index in [1.807, 2.05) is 6.07 Å². The third-order valence-corrected chi connectivity index (χ3v) is 5.46. The number of nitrogens with zero attached hydrogens (tertiary/aromatic N) is 5. The molecule has 1 fully saturated rings. The number of pyridine rings is 1. The van der Waals surface area contributed by atoms with Crippen molar-refractivity contribution in [2.24, 2.45) is 0 Å². The molecule has 0 atom stereocenters. The lowest BCUT2D eigenvalue weighted by Crippen LogP contribution is -2.40. The fourth-order valence-corrected chi connectivity index (χ4v) is 3.89. The highest BCUT2D eigenvalue weighted by atomic mass is 32.2. The lowest BCUT2D eigenvalue weighted by atomic mass is 10.2. The number of imide groups is 1. The Morgan fingerprint density at radius 2 is 2.10 bits per heavy atom. The Morgan fingerprint density at radius 1 is 1.23 bits per heavy atom. The number of hydrogen-bond donors (Lipinski definition) is 2. The lowest BCUT2D eigenvalue weighted by molar-refractivity contribution is -0.131. The molecule has 0 radical (unpaired) electrons. The molecule has 0 saturated carbocycles. The third kappa shape index (κ3) is 5.78. The fraction of sp³-hybridized carbons (Fsp3) is 0.474. The second-order valence-corrected chi connectivity index (χ2v) is 7.71. The van der Waals surface area contributed by atoms with Gasteiger partial charge in [-0.1, -0.05) is 18.2 Å². The van der Waals surface area contributed by atoms with Crippen LogP contribution in [-0.4, -0.2) is 61.3 Å². The van der Waals surface area contributed by atoms with Crippen LogP contribution in [0.2, 0.25) is 0 Å². The molecule has 11 heteroatoms.